The fraction of sp³-hybridized carbons (Fsp3) is 0.667. The highest BCUT2D eigenvalue weighted by atomic mass is 15.6. The van der Waals surface area contributed by atoms with Crippen molar-refractivity contribution in [3.05, 3.63) is 35.7 Å². The largest absolute Gasteiger partial charge is 0.378 e. The topological polar surface area (TPSA) is 50.1 Å². The summed E-state index contributed by atoms with van der Waals surface area (Å²) in [6.45, 7) is 11.1. The molecule has 3 rings (SSSR count). The van der Waals surface area contributed by atoms with Crippen molar-refractivity contribution in [1.82, 2.24) is 25.1 Å². The van der Waals surface area contributed by atoms with Gasteiger partial charge in [0, 0.05) is 19.8 Å². The molecule has 1 unspecified atom stereocenters. The zero-order chi connectivity index (χ0) is 19.6. The van der Waals surface area contributed by atoms with Crippen molar-refractivity contribution in [3.8, 4) is 0 Å². The van der Waals surface area contributed by atoms with Gasteiger partial charge in [-0.25, -0.2) is 4.68 Å². The van der Waals surface area contributed by atoms with Gasteiger partial charge in [0.15, 0.2) is 5.82 Å². The molecule has 0 amide bonds. The molecule has 1 atom stereocenters. The van der Waals surface area contributed by atoms with E-state index < -0.39 is 0 Å². The van der Waals surface area contributed by atoms with Crippen LogP contribution >= 0.6 is 0 Å². The molecule has 0 N–H and O–H groups in total. The lowest BCUT2D eigenvalue weighted by Gasteiger charge is -2.37. The molecule has 2 aromatic rings. The van der Waals surface area contributed by atoms with Crippen molar-refractivity contribution in [2.24, 2.45) is 5.92 Å². The molecule has 1 fully saturated rings. The Balaban J connectivity index is 2.02. The van der Waals surface area contributed by atoms with Gasteiger partial charge < -0.3 is 4.90 Å². The first-order valence-electron chi connectivity index (χ1n) is 10.1. The first kappa shape index (κ1) is 19.8. The van der Waals surface area contributed by atoms with Crippen LogP contribution in [0, 0.1) is 5.92 Å². The van der Waals surface area contributed by atoms with E-state index >= 15 is 0 Å². The number of rotatable bonds is 6. The van der Waals surface area contributed by atoms with Gasteiger partial charge in [-0.3, -0.25) is 4.90 Å². The molecule has 148 valence electrons. The van der Waals surface area contributed by atoms with Crippen LogP contribution in [0.4, 0.5) is 5.69 Å². The van der Waals surface area contributed by atoms with Gasteiger partial charge in [0.1, 0.15) is 0 Å². The zero-order valence-electron chi connectivity index (χ0n) is 17.7. The van der Waals surface area contributed by atoms with Gasteiger partial charge in [-0.05, 0) is 80.2 Å². The highest BCUT2D eigenvalue weighted by Crippen LogP contribution is 2.34. The van der Waals surface area contributed by atoms with Crippen LogP contribution in [-0.4, -0.2) is 52.3 Å². The minimum absolute atomic E-state index is 0.0922. The van der Waals surface area contributed by atoms with E-state index in [4.69, 9.17) is 0 Å². The lowest BCUT2D eigenvalue weighted by atomic mass is 9.94. The van der Waals surface area contributed by atoms with Crippen molar-refractivity contribution < 1.29 is 0 Å². The van der Waals surface area contributed by atoms with Gasteiger partial charge in [0.2, 0.25) is 0 Å². The van der Waals surface area contributed by atoms with Crippen molar-refractivity contribution in [1.29, 1.82) is 0 Å². The van der Waals surface area contributed by atoms with E-state index in [0.29, 0.717) is 0 Å². The first-order valence-corrected chi connectivity index (χ1v) is 10.1. The highest BCUT2D eigenvalue weighted by Gasteiger charge is 2.33. The number of hydrogen-bond donors (Lipinski definition) is 0. The van der Waals surface area contributed by atoms with Crippen LogP contribution in [0.2, 0.25) is 0 Å². The smallest absolute Gasteiger partial charge is 0.173 e. The second-order valence-electron chi connectivity index (χ2n) is 8.72. The Morgan fingerprint density at radius 1 is 1.15 bits per heavy atom. The highest BCUT2D eigenvalue weighted by molar-refractivity contribution is 5.47. The van der Waals surface area contributed by atoms with Crippen LogP contribution in [0.1, 0.15) is 64.4 Å². The predicted octanol–water partition coefficient (Wildman–Crippen LogP) is 3.71. The Morgan fingerprint density at radius 2 is 1.78 bits per heavy atom. The number of nitrogens with zero attached hydrogens (tertiary/aromatic N) is 6. The van der Waals surface area contributed by atoms with Gasteiger partial charge in [-0.2, -0.15) is 0 Å². The van der Waals surface area contributed by atoms with Crippen LogP contribution < -0.4 is 4.90 Å². The number of piperidine rings is 1. The monoisotopic (exact) mass is 370 g/mol. The standard InChI is InChI=1S/C21H34N6/c1-7-21(3,4)27-20(22-23-24-27)19(26-14-12-16(2)13-15-26)17-8-10-18(11-9-17)25(5)6/h8-11,16,19H,7,12-15H2,1-6H3. The molecule has 1 aliphatic heterocycles. The number of aromatic nitrogens is 4. The molecule has 1 aliphatic rings. The van der Waals surface area contributed by atoms with Gasteiger partial charge in [0.25, 0.3) is 0 Å². The van der Waals surface area contributed by atoms with Crippen molar-refractivity contribution in [3.63, 3.8) is 0 Å². The fourth-order valence-electron chi connectivity index (χ4n) is 3.71. The number of tetrazole rings is 1. The third-order valence-corrected chi connectivity index (χ3v) is 6.09. The van der Waals surface area contributed by atoms with Gasteiger partial charge in [0.05, 0.1) is 11.6 Å². The zero-order valence-corrected chi connectivity index (χ0v) is 17.7. The van der Waals surface area contributed by atoms with Crippen molar-refractivity contribution in [2.45, 2.75) is 58.5 Å². The van der Waals surface area contributed by atoms with Crippen LogP contribution in [0.25, 0.3) is 0 Å². The minimum Gasteiger partial charge on any atom is -0.378 e. The molecule has 1 saturated heterocycles. The van der Waals surface area contributed by atoms with E-state index in [1.165, 1.54) is 24.1 Å². The molecule has 6 nitrogen and oxygen atoms in total. The van der Waals surface area contributed by atoms with Gasteiger partial charge in [-0.15, -0.1) is 5.10 Å². The second kappa shape index (κ2) is 7.97. The number of anilines is 1. The minimum atomic E-state index is -0.107. The molecule has 0 spiro atoms. The molecular formula is C21H34N6. The Morgan fingerprint density at radius 3 is 2.33 bits per heavy atom. The van der Waals surface area contributed by atoms with Crippen LogP contribution in [0.3, 0.4) is 0 Å². The van der Waals surface area contributed by atoms with E-state index in [-0.39, 0.29) is 11.6 Å². The predicted molar refractivity (Wildman–Crippen MR) is 110 cm³/mol. The number of benzene rings is 1. The van der Waals surface area contributed by atoms with Crippen LogP contribution in [0.5, 0.6) is 0 Å². The molecule has 27 heavy (non-hydrogen) atoms. The summed E-state index contributed by atoms with van der Waals surface area (Å²) in [4.78, 5) is 4.68. The van der Waals surface area contributed by atoms with Gasteiger partial charge >= 0.3 is 0 Å². The van der Waals surface area contributed by atoms with Crippen LogP contribution in [-0.2, 0) is 5.54 Å². The number of hydrogen-bond acceptors (Lipinski definition) is 5. The van der Waals surface area contributed by atoms with E-state index in [9.17, 15) is 0 Å². The Bertz CT molecular complexity index is 725. The summed E-state index contributed by atoms with van der Waals surface area (Å²) in [5.74, 6) is 1.75. The Labute approximate surface area is 163 Å². The molecule has 1 aromatic carbocycles. The summed E-state index contributed by atoms with van der Waals surface area (Å²) in [5, 5.41) is 13.0. The SMILES string of the molecule is CCC(C)(C)n1nnnc1C(c1ccc(N(C)C)cc1)N1CCC(C)CC1. The second-order valence-corrected chi connectivity index (χ2v) is 8.72. The Kier molecular flexibility index (Phi) is 5.84. The first-order chi connectivity index (χ1) is 12.8. The maximum atomic E-state index is 4.51. The molecule has 6 heteroatoms. The van der Waals surface area contributed by atoms with Gasteiger partial charge in [-0.1, -0.05) is 26.0 Å². The maximum absolute atomic E-state index is 4.51. The Hall–Kier alpha value is -1.95. The van der Waals surface area contributed by atoms with Crippen LogP contribution in [0.15, 0.2) is 24.3 Å². The fourth-order valence-corrected chi connectivity index (χ4v) is 3.71. The summed E-state index contributed by atoms with van der Waals surface area (Å²) in [7, 11) is 4.14. The third-order valence-electron chi connectivity index (χ3n) is 6.09. The summed E-state index contributed by atoms with van der Waals surface area (Å²) in [6, 6.07) is 8.93. The molecule has 1 aromatic heterocycles. The average molecular weight is 371 g/mol. The van der Waals surface area contributed by atoms with Crippen molar-refractivity contribution >= 4 is 5.69 Å². The van der Waals surface area contributed by atoms with Crippen molar-refractivity contribution in [2.75, 3.05) is 32.1 Å². The lowest BCUT2D eigenvalue weighted by Crippen LogP contribution is -2.40. The lowest BCUT2D eigenvalue weighted by molar-refractivity contribution is 0.143. The number of likely N-dealkylation sites (tertiary alicyclic amines) is 1. The average Bonchev–Trinajstić information content (AvgIpc) is 3.14. The summed E-state index contributed by atoms with van der Waals surface area (Å²) in [5.41, 5.74) is 2.36. The molecule has 2 heterocycles. The van der Waals surface area contributed by atoms with E-state index in [1.54, 1.807) is 0 Å². The molecule has 0 radical (unpaired) electrons. The molecule has 0 saturated carbocycles. The van der Waals surface area contributed by atoms with E-state index in [2.05, 4.69) is 91.4 Å². The summed E-state index contributed by atoms with van der Waals surface area (Å²) < 4.78 is 2.04. The normalized spacial score (nSPS) is 17.9. The molecular weight excluding hydrogens is 336 g/mol. The molecule has 0 bridgehead atoms. The van der Waals surface area contributed by atoms with E-state index in [1.807, 2.05) is 4.68 Å². The quantitative estimate of drug-likeness (QED) is 0.776. The summed E-state index contributed by atoms with van der Waals surface area (Å²) in [6.07, 6.45) is 3.43. The maximum Gasteiger partial charge on any atom is 0.173 e. The van der Waals surface area contributed by atoms with E-state index in [0.717, 1.165) is 31.3 Å². The summed E-state index contributed by atoms with van der Waals surface area (Å²) >= 11 is 0. The molecule has 0 aliphatic carbocycles. The third kappa shape index (κ3) is 4.15.